The van der Waals surface area contributed by atoms with Gasteiger partial charge in [0.2, 0.25) is 0 Å². The number of rotatable bonds is 7. The Morgan fingerprint density at radius 1 is 1.40 bits per heavy atom. The van der Waals surface area contributed by atoms with Gasteiger partial charge in [0.05, 0.1) is 18.8 Å². The highest BCUT2D eigenvalue weighted by atomic mass is 19.1. The van der Waals surface area contributed by atoms with Gasteiger partial charge < -0.3 is 20.4 Å². The molecular weight excluding hydrogens is 381 g/mol. The molecule has 0 saturated carbocycles. The summed E-state index contributed by atoms with van der Waals surface area (Å²) in [6, 6.07) is 7.26. The molecular formula is C22H34FN7. The third kappa shape index (κ3) is 5.95. The average Bonchev–Trinajstić information content (AvgIpc) is 3.14. The molecule has 0 aliphatic carbocycles. The van der Waals surface area contributed by atoms with Crippen molar-refractivity contribution < 1.29 is 4.39 Å². The predicted molar refractivity (Wildman–Crippen MR) is 120 cm³/mol. The Kier molecular flexibility index (Phi) is 7.68. The minimum absolute atomic E-state index is 0.157. The SMILES string of the molecule is CCNC(=NCC(c1cnn(C)c1)N(C)C)NC1CCCN(c2cccc(F)c2)C1. The number of hydrogen-bond donors (Lipinski definition) is 2. The van der Waals surface area contributed by atoms with Crippen LogP contribution in [0.4, 0.5) is 10.1 Å². The molecule has 1 aromatic carbocycles. The van der Waals surface area contributed by atoms with Gasteiger partial charge in [0.1, 0.15) is 5.82 Å². The van der Waals surface area contributed by atoms with Gasteiger partial charge in [0.15, 0.2) is 5.96 Å². The number of likely N-dealkylation sites (N-methyl/N-ethyl adjacent to an activating group) is 1. The lowest BCUT2D eigenvalue weighted by molar-refractivity contribution is 0.306. The number of aliphatic imine (C=N–C) groups is 1. The molecule has 0 amide bonds. The van der Waals surface area contributed by atoms with Crippen LogP contribution in [0.3, 0.4) is 0 Å². The van der Waals surface area contributed by atoms with Crippen LogP contribution >= 0.6 is 0 Å². The van der Waals surface area contributed by atoms with Crippen LogP contribution in [0.1, 0.15) is 31.4 Å². The first kappa shape index (κ1) is 22.1. The van der Waals surface area contributed by atoms with Crippen molar-refractivity contribution in [1.29, 1.82) is 0 Å². The summed E-state index contributed by atoms with van der Waals surface area (Å²) in [6.45, 7) is 5.27. The van der Waals surface area contributed by atoms with Crippen LogP contribution in [0.25, 0.3) is 0 Å². The van der Waals surface area contributed by atoms with E-state index in [0.29, 0.717) is 6.54 Å². The van der Waals surface area contributed by atoms with E-state index >= 15 is 0 Å². The zero-order valence-corrected chi connectivity index (χ0v) is 18.5. The van der Waals surface area contributed by atoms with Crippen LogP contribution in [-0.4, -0.2) is 67.0 Å². The molecule has 2 heterocycles. The zero-order chi connectivity index (χ0) is 21.5. The zero-order valence-electron chi connectivity index (χ0n) is 18.5. The number of aryl methyl sites for hydroxylation is 1. The molecule has 1 aliphatic heterocycles. The number of aromatic nitrogens is 2. The Hall–Kier alpha value is -2.61. The van der Waals surface area contributed by atoms with E-state index in [0.717, 1.165) is 49.7 Å². The Morgan fingerprint density at radius 2 is 2.23 bits per heavy atom. The summed E-state index contributed by atoms with van der Waals surface area (Å²) in [6.07, 6.45) is 6.07. The third-order valence-electron chi connectivity index (χ3n) is 5.44. The first-order valence-corrected chi connectivity index (χ1v) is 10.7. The minimum Gasteiger partial charge on any atom is -0.369 e. The summed E-state index contributed by atoms with van der Waals surface area (Å²) >= 11 is 0. The molecule has 2 unspecified atom stereocenters. The van der Waals surface area contributed by atoms with Crippen molar-refractivity contribution in [3.63, 3.8) is 0 Å². The molecule has 3 rings (SSSR count). The lowest BCUT2D eigenvalue weighted by Gasteiger charge is -2.35. The largest absolute Gasteiger partial charge is 0.369 e. The summed E-state index contributed by atoms with van der Waals surface area (Å²) in [5, 5.41) is 11.3. The number of hydrogen-bond acceptors (Lipinski definition) is 4. The average molecular weight is 416 g/mol. The molecule has 2 atom stereocenters. The molecule has 30 heavy (non-hydrogen) atoms. The summed E-state index contributed by atoms with van der Waals surface area (Å²) in [4.78, 5) is 9.27. The van der Waals surface area contributed by atoms with Gasteiger partial charge >= 0.3 is 0 Å². The summed E-state index contributed by atoms with van der Waals surface area (Å²) in [5.41, 5.74) is 2.09. The molecule has 2 aromatic rings. The fourth-order valence-corrected chi connectivity index (χ4v) is 3.87. The van der Waals surface area contributed by atoms with Gasteiger partial charge in [-0.15, -0.1) is 0 Å². The second-order valence-electron chi connectivity index (χ2n) is 8.06. The monoisotopic (exact) mass is 415 g/mol. The van der Waals surface area contributed by atoms with Crippen molar-refractivity contribution in [3.05, 3.63) is 48.0 Å². The quantitative estimate of drug-likeness (QED) is 0.537. The Balaban J connectivity index is 1.66. The van der Waals surface area contributed by atoms with Gasteiger partial charge in [-0.3, -0.25) is 9.67 Å². The van der Waals surface area contributed by atoms with Crippen LogP contribution in [0, 0.1) is 5.82 Å². The highest BCUT2D eigenvalue weighted by molar-refractivity contribution is 5.80. The third-order valence-corrected chi connectivity index (χ3v) is 5.44. The molecule has 0 spiro atoms. The maximum atomic E-state index is 13.6. The first-order chi connectivity index (χ1) is 14.5. The van der Waals surface area contributed by atoms with Crippen molar-refractivity contribution in [2.75, 3.05) is 45.2 Å². The van der Waals surface area contributed by atoms with Crippen LogP contribution in [0.2, 0.25) is 0 Å². The number of benzene rings is 1. The van der Waals surface area contributed by atoms with Crippen molar-refractivity contribution in [3.8, 4) is 0 Å². The van der Waals surface area contributed by atoms with Crippen LogP contribution < -0.4 is 15.5 Å². The van der Waals surface area contributed by atoms with E-state index in [1.165, 1.54) is 6.07 Å². The van der Waals surface area contributed by atoms with Gasteiger partial charge in [0, 0.05) is 50.2 Å². The first-order valence-electron chi connectivity index (χ1n) is 10.7. The molecule has 8 heteroatoms. The number of nitrogens with one attached hydrogen (secondary N) is 2. The fraction of sp³-hybridized carbons (Fsp3) is 0.545. The second kappa shape index (κ2) is 10.4. The van der Waals surface area contributed by atoms with Crippen molar-refractivity contribution in [2.24, 2.45) is 12.0 Å². The fourth-order valence-electron chi connectivity index (χ4n) is 3.87. The van der Waals surface area contributed by atoms with E-state index in [2.05, 4.69) is 46.6 Å². The van der Waals surface area contributed by atoms with E-state index in [1.807, 2.05) is 30.2 Å². The Morgan fingerprint density at radius 3 is 2.90 bits per heavy atom. The number of nitrogens with zero attached hydrogens (tertiary/aromatic N) is 5. The molecule has 1 aromatic heterocycles. The van der Waals surface area contributed by atoms with Gasteiger partial charge in [-0.05, 0) is 52.1 Å². The Bertz CT molecular complexity index is 832. The number of halogens is 1. The molecule has 164 valence electrons. The molecule has 0 bridgehead atoms. The molecule has 1 fully saturated rings. The molecule has 1 saturated heterocycles. The van der Waals surface area contributed by atoms with E-state index in [1.54, 1.807) is 12.1 Å². The maximum absolute atomic E-state index is 13.6. The Labute approximate surface area is 179 Å². The summed E-state index contributed by atoms with van der Waals surface area (Å²) < 4.78 is 15.5. The van der Waals surface area contributed by atoms with E-state index in [9.17, 15) is 4.39 Å². The van der Waals surface area contributed by atoms with Crippen molar-refractivity contribution >= 4 is 11.6 Å². The van der Waals surface area contributed by atoms with Crippen LogP contribution in [0.5, 0.6) is 0 Å². The predicted octanol–water partition coefficient (Wildman–Crippen LogP) is 2.39. The normalized spacial score (nSPS) is 18.5. The topological polar surface area (TPSA) is 60.7 Å². The highest BCUT2D eigenvalue weighted by Crippen LogP contribution is 2.21. The maximum Gasteiger partial charge on any atom is 0.191 e. The van der Waals surface area contributed by atoms with E-state index < -0.39 is 0 Å². The lowest BCUT2D eigenvalue weighted by atomic mass is 10.0. The van der Waals surface area contributed by atoms with Gasteiger partial charge in [-0.1, -0.05) is 6.07 Å². The molecule has 2 N–H and O–H groups in total. The number of guanidine groups is 1. The van der Waals surface area contributed by atoms with Gasteiger partial charge in [-0.25, -0.2) is 4.39 Å². The smallest absolute Gasteiger partial charge is 0.191 e. The second-order valence-corrected chi connectivity index (χ2v) is 8.06. The standard InChI is InChI=1S/C22H34FN7/c1-5-24-22(25-14-21(28(2)3)17-13-26-29(4)15-17)27-19-9-7-11-30(16-19)20-10-6-8-18(23)12-20/h6,8,10,12-13,15,19,21H,5,7,9,11,14,16H2,1-4H3,(H2,24,25,27). The number of anilines is 1. The van der Waals surface area contributed by atoms with Gasteiger partial charge in [0.25, 0.3) is 0 Å². The minimum atomic E-state index is -0.192. The molecule has 7 nitrogen and oxygen atoms in total. The van der Waals surface area contributed by atoms with Gasteiger partial charge in [-0.2, -0.15) is 5.10 Å². The van der Waals surface area contributed by atoms with E-state index in [-0.39, 0.29) is 17.9 Å². The number of piperidine rings is 1. The molecule has 0 radical (unpaired) electrons. The lowest BCUT2D eigenvalue weighted by Crippen LogP contribution is -2.51. The molecule has 1 aliphatic rings. The summed E-state index contributed by atoms with van der Waals surface area (Å²) in [5.74, 6) is 0.627. The van der Waals surface area contributed by atoms with E-state index in [4.69, 9.17) is 4.99 Å². The highest BCUT2D eigenvalue weighted by Gasteiger charge is 2.22. The summed E-state index contributed by atoms with van der Waals surface area (Å²) in [7, 11) is 6.05. The van der Waals surface area contributed by atoms with Crippen LogP contribution in [0.15, 0.2) is 41.7 Å². The van der Waals surface area contributed by atoms with Crippen LogP contribution in [-0.2, 0) is 7.05 Å². The van der Waals surface area contributed by atoms with Crippen molar-refractivity contribution in [2.45, 2.75) is 31.8 Å². The van der Waals surface area contributed by atoms with Crippen molar-refractivity contribution in [1.82, 2.24) is 25.3 Å².